The first-order valence-electron chi connectivity index (χ1n) is 11.8. The summed E-state index contributed by atoms with van der Waals surface area (Å²) in [6.45, 7) is 3.77. The lowest BCUT2D eigenvalue weighted by Gasteiger charge is -2.44. The van der Waals surface area contributed by atoms with Gasteiger partial charge in [0.1, 0.15) is 5.82 Å². The summed E-state index contributed by atoms with van der Waals surface area (Å²) in [6, 6.07) is 12.6. The Morgan fingerprint density at radius 3 is 2.53 bits per heavy atom. The zero-order valence-corrected chi connectivity index (χ0v) is 20.6. The normalized spacial score (nSPS) is 18.4. The van der Waals surface area contributed by atoms with E-state index in [-0.39, 0.29) is 29.7 Å². The number of halogens is 2. The monoisotopic (exact) mass is 488 g/mol. The van der Waals surface area contributed by atoms with Crippen molar-refractivity contribution < 1.29 is 14.0 Å². The minimum Gasteiger partial charge on any atom is -0.358 e. The van der Waals surface area contributed by atoms with Crippen molar-refractivity contribution in [1.82, 2.24) is 15.1 Å². The van der Waals surface area contributed by atoms with Crippen molar-refractivity contribution in [2.45, 2.75) is 50.7 Å². The molecule has 0 aromatic heterocycles. The predicted octanol–water partition coefficient (Wildman–Crippen LogP) is 3.02. The van der Waals surface area contributed by atoms with Gasteiger partial charge in [-0.25, -0.2) is 4.39 Å². The van der Waals surface area contributed by atoms with Crippen molar-refractivity contribution in [2.24, 2.45) is 5.73 Å². The second-order valence-electron chi connectivity index (χ2n) is 8.87. The van der Waals surface area contributed by atoms with Crippen molar-refractivity contribution in [3.63, 3.8) is 0 Å². The lowest BCUT2D eigenvalue weighted by Crippen LogP contribution is -2.62. The van der Waals surface area contributed by atoms with Gasteiger partial charge >= 0.3 is 0 Å². The topological polar surface area (TPSA) is 78.7 Å². The Hall–Kier alpha value is -2.48. The standard InChI is InChI=1S/C26H34ClFN4O2/c1-3-5-22-17-31(24(25(33)30-2)16-19-6-4-7-20(27)14-19)12-13-32(22)26(34)23(29)15-18-8-10-21(28)11-9-18/h4,6-11,14,22-24H,3,5,12-13,15-17,29H2,1-2H3,(H,30,33). The van der Waals surface area contributed by atoms with Crippen LogP contribution in [0.3, 0.4) is 0 Å². The number of benzene rings is 2. The van der Waals surface area contributed by atoms with Crippen LogP contribution in [0.5, 0.6) is 0 Å². The van der Waals surface area contributed by atoms with Crippen LogP contribution in [-0.4, -0.2) is 66.4 Å². The van der Waals surface area contributed by atoms with Crippen LogP contribution in [0.1, 0.15) is 30.9 Å². The maximum atomic E-state index is 13.3. The second-order valence-corrected chi connectivity index (χ2v) is 9.31. The zero-order chi connectivity index (χ0) is 24.7. The van der Waals surface area contributed by atoms with Gasteiger partial charge in [-0.15, -0.1) is 0 Å². The molecule has 6 nitrogen and oxygen atoms in total. The maximum Gasteiger partial charge on any atom is 0.240 e. The summed E-state index contributed by atoms with van der Waals surface area (Å²) in [7, 11) is 1.64. The largest absolute Gasteiger partial charge is 0.358 e. The molecule has 8 heteroatoms. The van der Waals surface area contributed by atoms with Gasteiger partial charge in [0.15, 0.2) is 0 Å². The Labute approximate surface area is 206 Å². The van der Waals surface area contributed by atoms with Gasteiger partial charge in [-0.1, -0.05) is 49.2 Å². The highest BCUT2D eigenvalue weighted by Crippen LogP contribution is 2.21. The number of nitrogens with one attached hydrogen (secondary N) is 1. The average Bonchev–Trinajstić information content (AvgIpc) is 2.83. The molecule has 3 rings (SSSR count). The molecule has 2 aromatic carbocycles. The van der Waals surface area contributed by atoms with Gasteiger partial charge in [0.2, 0.25) is 11.8 Å². The number of likely N-dealkylation sites (N-methyl/N-ethyl adjacent to an activating group) is 1. The summed E-state index contributed by atoms with van der Waals surface area (Å²) >= 11 is 6.15. The first kappa shape index (κ1) is 26.1. The number of hydrogen-bond donors (Lipinski definition) is 2. The molecule has 1 saturated heterocycles. The van der Waals surface area contributed by atoms with Crippen molar-refractivity contribution >= 4 is 23.4 Å². The molecule has 1 aliphatic rings. The summed E-state index contributed by atoms with van der Waals surface area (Å²) in [5.74, 6) is -0.469. The minimum absolute atomic E-state index is 0.0305. The van der Waals surface area contributed by atoms with E-state index in [9.17, 15) is 14.0 Å². The SMILES string of the molecule is CCCC1CN(C(Cc2cccc(Cl)c2)C(=O)NC)CCN1C(=O)C(N)Cc1ccc(F)cc1. The van der Waals surface area contributed by atoms with E-state index < -0.39 is 6.04 Å². The van der Waals surface area contributed by atoms with Gasteiger partial charge in [-0.3, -0.25) is 14.5 Å². The van der Waals surface area contributed by atoms with E-state index >= 15 is 0 Å². The summed E-state index contributed by atoms with van der Waals surface area (Å²) in [5, 5.41) is 3.43. The summed E-state index contributed by atoms with van der Waals surface area (Å²) in [4.78, 5) is 30.1. The molecular formula is C26H34ClFN4O2. The van der Waals surface area contributed by atoms with Gasteiger partial charge in [0, 0.05) is 37.7 Å². The molecule has 1 aliphatic heterocycles. The predicted molar refractivity (Wildman–Crippen MR) is 133 cm³/mol. The fourth-order valence-electron chi connectivity index (χ4n) is 4.65. The smallest absolute Gasteiger partial charge is 0.240 e. The number of nitrogens with zero attached hydrogens (tertiary/aromatic N) is 2. The van der Waals surface area contributed by atoms with E-state index in [2.05, 4.69) is 17.1 Å². The number of hydrogen-bond acceptors (Lipinski definition) is 4. The lowest BCUT2D eigenvalue weighted by molar-refractivity contribution is -0.139. The molecule has 184 valence electrons. The van der Waals surface area contributed by atoms with E-state index in [0.717, 1.165) is 24.0 Å². The van der Waals surface area contributed by atoms with Crippen LogP contribution in [0.2, 0.25) is 5.02 Å². The van der Waals surface area contributed by atoms with E-state index in [1.807, 2.05) is 29.2 Å². The highest BCUT2D eigenvalue weighted by molar-refractivity contribution is 6.30. The Morgan fingerprint density at radius 1 is 1.15 bits per heavy atom. The summed E-state index contributed by atoms with van der Waals surface area (Å²) < 4.78 is 13.2. The number of carbonyl (C=O) groups excluding carboxylic acids is 2. The van der Waals surface area contributed by atoms with Crippen molar-refractivity contribution in [1.29, 1.82) is 0 Å². The molecule has 3 N–H and O–H groups in total. The fourth-order valence-corrected chi connectivity index (χ4v) is 4.86. The maximum absolute atomic E-state index is 13.3. The lowest BCUT2D eigenvalue weighted by atomic mass is 9.98. The minimum atomic E-state index is -0.697. The fraction of sp³-hybridized carbons (Fsp3) is 0.462. The molecule has 2 amide bonds. The van der Waals surface area contributed by atoms with E-state index in [1.54, 1.807) is 19.2 Å². The average molecular weight is 489 g/mol. The molecule has 1 heterocycles. The number of rotatable bonds is 9. The highest BCUT2D eigenvalue weighted by Gasteiger charge is 2.36. The van der Waals surface area contributed by atoms with Crippen LogP contribution in [-0.2, 0) is 22.4 Å². The van der Waals surface area contributed by atoms with E-state index in [1.165, 1.54) is 12.1 Å². The molecule has 0 saturated carbocycles. The Kier molecular flexibility index (Phi) is 9.45. The molecule has 0 radical (unpaired) electrons. The molecule has 0 bridgehead atoms. The third-order valence-corrected chi connectivity index (χ3v) is 6.65. The Bertz CT molecular complexity index is 972. The third-order valence-electron chi connectivity index (χ3n) is 6.41. The summed E-state index contributed by atoms with van der Waals surface area (Å²) in [5.41, 5.74) is 8.10. The van der Waals surface area contributed by atoms with Gasteiger partial charge in [-0.05, 0) is 54.7 Å². The van der Waals surface area contributed by atoms with Crippen molar-refractivity contribution in [3.8, 4) is 0 Å². The highest BCUT2D eigenvalue weighted by atomic mass is 35.5. The quantitative estimate of drug-likeness (QED) is 0.568. The summed E-state index contributed by atoms with van der Waals surface area (Å²) in [6.07, 6.45) is 2.63. The number of carbonyl (C=O) groups is 2. The van der Waals surface area contributed by atoms with Gasteiger partial charge in [-0.2, -0.15) is 0 Å². The number of piperazine rings is 1. The Morgan fingerprint density at radius 2 is 1.88 bits per heavy atom. The van der Waals surface area contributed by atoms with Crippen molar-refractivity contribution in [3.05, 3.63) is 70.5 Å². The van der Waals surface area contributed by atoms with Crippen LogP contribution in [0.25, 0.3) is 0 Å². The van der Waals surface area contributed by atoms with Crippen LogP contribution in [0.4, 0.5) is 4.39 Å². The van der Waals surface area contributed by atoms with Crippen molar-refractivity contribution in [2.75, 3.05) is 26.7 Å². The van der Waals surface area contributed by atoms with Crippen LogP contribution in [0.15, 0.2) is 48.5 Å². The molecule has 0 spiro atoms. The number of nitrogens with two attached hydrogens (primary N) is 1. The van der Waals surface area contributed by atoms with Crippen LogP contribution in [0, 0.1) is 5.82 Å². The third kappa shape index (κ3) is 6.78. The van der Waals surface area contributed by atoms with E-state index in [4.69, 9.17) is 17.3 Å². The molecule has 2 aromatic rings. The molecule has 1 fully saturated rings. The molecular weight excluding hydrogens is 455 g/mol. The first-order valence-corrected chi connectivity index (χ1v) is 12.2. The van der Waals surface area contributed by atoms with Gasteiger partial charge < -0.3 is 16.0 Å². The van der Waals surface area contributed by atoms with E-state index in [0.29, 0.717) is 37.5 Å². The number of amides is 2. The van der Waals surface area contributed by atoms with Gasteiger partial charge in [0.05, 0.1) is 12.1 Å². The first-order chi connectivity index (χ1) is 16.3. The Balaban J connectivity index is 1.71. The van der Waals surface area contributed by atoms with Crippen LogP contribution >= 0.6 is 11.6 Å². The zero-order valence-electron chi connectivity index (χ0n) is 19.8. The van der Waals surface area contributed by atoms with Crippen LogP contribution < -0.4 is 11.1 Å². The molecule has 3 unspecified atom stereocenters. The molecule has 0 aliphatic carbocycles. The van der Waals surface area contributed by atoms with Gasteiger partial charge in [0.25, 0.3) is 0 Å². The molecule has 34 heavy (non-hydrogen) atoms. The molecule has 3 atom stereocenters. The second kappa shape index (κ2) is 12.3.